The zero-order valence-electron chi connectivity index (χ0n) is 17.8. The number of anilines is 1. The predicted octanol–water partition coefficient (Wildman–Crippen LogP) is 3.02. The summed E-state index contributed by atoms with van der Waals surface area (Å²) in [7, 11) is 0. The fourth-order valence-corrected chi connectivity index (χ4v) is 3.82. The molecule has 2 amide bonds. The highest BCUT2D eigenvalue weighted by Gasteiger charge is 2.43. The number of carbonyl (C=O) groups is 2. The molecule has 3 aromatic rings. The number of aryl methyl sites for hydroxylation is 1. The van der Waals surface area contributed by atoms with Gasteiger partial charge in [-0.2, -0.15) is 13.9 Å². The van der Waals surface area contributed by atoms with Crippen molar-refractivity contribution in [2.45, 2.75) is 32.0 Å². The second-order valence-corrected chi connectivity index (χ2v) is 7.92. The van der Waals surface area contributed by atoms with Crippen LogP contribution in [0.4, 0.5) is 14.6 Å². The van der Waals surface area contributed by atoms with Crippen LogP contribution < -0.4 is 16.8 Å². The van der Waals surface area contributed by atoms with E-state index in [1.165, 1.54) is 4.68 Å². The van der Waals surface area contributed by atoms with E-state index in [1.807, 2.05) is 19.1 Å². The molecular formula is C23H23F2N5O3. The second-order valence-electron chi connectivity index (χ2n) is 7.92. The molecule has 1 saturated heterocycles. The first-order chi connectivity index (χ1) is 15.7. The summed E-state index contributed by atoms with van der Waals surface area (Å²) in [5, 5.41) is 7.18. The Hall–Kier alpha value is -3.79. The smallest absolute Gasteiger partial charge is 0.357 e. The third-order valence-electron chi connectivity index (χ3n) is 5.57. The summed E-state index contributed by atoms with van der Waals surface area (Å²) in [6.07, 6.45) is -3.88. The van der Waals surface area contributed by atoms with Crippen LogP contribution >= 0.6 is 0 Å². The molecule has 172 valence electrons. The SMILES string of the molecule is Cc1ccccc1C(=O)NCc1ccc(-c2nn(C3COC(F)(F)C3)c(N)c2C(N)=O)cc1. The molecule has 4 rings (SSSR count). The summed E-state index contributed by atoms with van der Waals surface area (Å²) in [4.78, 5) is 24.4. The first-order valence-corrected chi connectivity index (χ1v) is 10.3. The summed E-state index contributed by atoms with van der Waals surface area (Å²) < 4.78 is 32.6. The second kappa shape index (κ2) is 8.62. The molecule has 33 heavy (non-hydrogen) atoms. The number of aromatic nitrogens is 2. The van der Waals surface area contributed by atoms with Crippen LogP contribution in [0.5, 0.6) is 0 Å². The van der Waals surface area contributed by atoms with Crippen LogP contribution in [0.15, 0.2) is 48.5 Å². The average molecular weight is 455 g/mol. The monoisotopic (exact) mass is 455 g/mol. The number of ether oxygens (including phenoxy) is 1. The Kier molecular flexibility index (Phi) is 5.86. The van der Waals surface area contributed by atoms with Gasteiger partial charge in [-0.1, -0.05) is 42.5 Å². The van der Waals surface area contributed by atoms with Gasteiger partial charge in [-0.3, -0.25) is 9.59 Å². The van der Waals surface area contributed by atoms with Crippen LogP contribution in [-0.2, 0) is 11.3 Å². The Morgan fingerprint density at radius 2 is 1.91 bits per heavy atom. The first-order valence-electron chi connectivity index (χ1n) is 10.3. The van der Waals surface area contributed by atoms with E-state index in [9.17, 15) is 18.4 Å². The van der Waals surface area contributed by atoms with Crippen molar-refractivity contribution in [2.24, 2.45) is 5.73 Å². The number of primary amides is 1. The summed E-state index contributed by atoms with van der Waals surface area (Å²) in [6, 6.07) is 13.4. The number of nitrogens with two attached hydrogens (primary N) is 2. The molecule has 0 bridgehead atoms. The zero-order valence-corrected chi connectivity index (χ0v) is 17.8. The molecular weight excluding hydrogens is 432 g/mol. The lowest BCUT2D eigenvalue weighted by Crippen LogP contribution is -2.23. The van der Waals surface area contributed by atoms with Crippen LogP contribution in [0.25, 0.3) is 11.3 Å². The fraction of sp³-hybridized carbons (Fsp3) is 0.261. The molecule has 5 N–H and O–H groups in total. The van der Waals surface area contributed by atoms with Gasteiger partial charge in [0.05, 0.1) is 19.1 Å². The Labute approximate surface area is 188 Å². The van der Waals surface area contributed by atoms with Gasteiger partial charge < -0.3 is 21.5 Å². The highest BCUT2D eigenvalue weighted by molar-refractivity contribution is 6.03. The molecule has 0 aliphatic carbocycles. The topological polar surface area (TPSA) is 125 Å². The van der Waals surface area contributed by atoms with E-state index in [0.29, 0.717) is 17.7 Å². The van der Waals surface area contributed by atoms with Crippen molar-refractivity contribution in [3.63, 3.8) is 0 Å². The van der Waals surface area contributed by atoms with E-state index in [0.717, 1.165) is 11.1 Å². The number of nitrogens with one attached hydrogen (secondary N) is 1. The molecule has 1 aromatic heterocycles. The molecule has 8 nitrogen and oxygen atoms in total. The van der Waals surface area contributed by atoms with Crippen molar-refractivity contribution in [1.29, 1.82) is 0 Å². The van der Waals surface area contributed by atoms with E-state index >= 15 is 0 Å². The number of alkyl halides is 2. The van der Waals surface area contributed by atoms with Crippen LogP contribution in [0.1, 0.15) is 44.3 Å². The van der Waals surface area contributed by atoms with Gasteiger partial charge in [-0.15, -0.1) is 0 Å². The first kappa shape index (κ1) is 22.4. The lowest BCUT2D eigenvalue weighted by Gasteiger charge is -2.10. The number of nitrogens with zero attached hydrogens (tertiary/aromatic N) is 2. The van der Waals surface area contributed by atoms with Crippen molar-refractivity contribution in [2.75, 3.05) is 12.3 Å². The summed E-state index contributed by atoms with van der Waals surface area (Å²) in [6.45, 7) is 1.88. The molecule has 0 radical (unpaired) electrons. The molecule has 0 saturated carbocycles. The molecule has 1 atom stereocenters. The fourth-order valence-electron chi connectivity index (χ4n) is 3.82. The maximum absolute atomic E-state index is 13.5. The van der Waals surface area contributed by atoms with Crippen molar-refractivity contribution >= 4 is 17.6 Å². The third kappa shape index (κ3) is 4.56. The molecule has 1 aliphatic rings. The van der Waals surface area contributed by atoms with Gasteiger partial charge in [-0.25, -0.2) is 4.68 Å². The number of nitrogen functional groups attached to an aromatic ring is 1. The highest BCUT2D eigenvalue weighted by atomic mass is 19.3. The molecule has 1 aliphatic heterocycles. The van der Waals surface area contributed by atoms with Crippen molar-refractivity contribution < 1.29 is 23.1 Å². The number of rotatable bonds is 6. The molecule has 10 heteroatoms. The summed E-state index contributed by atoms with van der Waals surface area (Å²) in [5.74, 6) is -1.08. The quantitative estimate of drug-likeness (QED) is 0.527. The van der Waals surface area contributed by atoms with E-state index in [-0.39, 0.29) is 29.6 Å². The maximum Gasteiger partial charge on any atom is 0.357 e. The van der Waals surface area contributed by atoms with Gasteiger partial charge in [0.2, 0.25) is 0 Å². The van der Waals surface area contributed by atoms with Crippen LogP contribution in [0.3, 0.4) is 0 Å². The number of carbonyl (C=O) groups excluding carboxylic acids is 2. The van der Waals surface area contributed by atoms with Crippen molar-refractivity contribution in [3.05, 3.63) is 70.8 Å². The number of amides is 2. The van der Waals surface area contributed by atoms with Gasteiger partial charge in [0.25, 0.3) is 11.8 Å². The predicted molar refractivity (Wildman–Crippen MR) is 117 cm³/mol. The minimum Gasteiger partial charge on any atom is -0.383 e. The number of hydrogen-bond donors (Lipinski definition) is 3. The summed E-state index contributed by atoms with van der Waals surface area (Å²) in [5.41, 5.74) is 14.5. The van der Waals surface area contributed by atoms with Crippen LogP contribution in [0.2, 0.25) is 0 Å². The van der Waals surface area contributed by atoms with Gasteiger partial charge >= 0.3 is 6.11 Å². The Morgan fingerprint density at radius 1 is 1.21 bits per heavy atom. The Bertz CT molecular complexity index is 1210. The number of hydrogen-bond acceptors (Lipinski definition) is 5. The molecule has 0 spiro atoms. The molecule has 2 aromatic carbocycles. The minimum absolute atomic E-state index is 0.0363. The minimum atomic E-state index is -3.28. The van der Waals surface area contributed by atoms with E-state index in [2.05, 4.69) is 15.2 Å². The molecule has 1 fully saturated rings. The van der Waals surface area contributed by atoms with Gasteiger partial charge in [-0.05, 0) is 24.1 Å². The Morgan fingerprint density at radius 3 is 2.52 bits per heavy atom. The largest absolute Gasteiger partial charge is 0.383 e. The van der Waals surface area contributed by atoms with E-state index in [1.54, 1.807) is 36.4 Å². The summed E-state index contributed by atoms with van der Waals surface area (Å²) >= 11 is 0. The van der Waals surface area contributed by atoms with Crippen LogP contribution in [-0.4, -0.2) is 34.3 Å². The van der Waals surface area contributed by atoms with E-state index in [4.69, 9.17) is 11.5 Å². The van der Waals surface area contributed by atoms with Gasteiger partial charge in [0, 0.05) is 17.7 Å². The number of halogens is 2. The zero-order chi connectivity index (χ0) is 23.8. The maximum atomic E-state index is 13.5. The van der Waals surface area contributed by atoms with Gasteiger partial charge in [0.1, 0.15) is 17.1 Å². The molecule has 1 unspecified atom stereocenters. The average Bonchev–Trinajstić information content (AvgIpc) is 3.31. The number of benzene rings is 2. The highest BCUT2D eigenvalue weighted by Crippen LogP contribution is 2.38. The molecule has 2 heterocycles. The normalized spacial score (nSPS) is 17.1. The van der Waals surface area contributed by atoms with Crippen molar-refractivity contribution in [1.82, 2.24) is 15.1 Å². The standard InChI is InChI=1S/C23H23F2N5O3/c1-13-4-2-3-5-17(13)22(32)28-11-14-6-8-15(9-7-14)19-18(21(27)31)20(26)30(29-19)16-10-23(24,25)33-12-16/h2-9,16H,10-12,26H2,1H3,(H2,27,31)(H,28,32). The lowest BCUT2D eigenvalue weighted by atomic mass is 10.0. The third-order valence-corrected chi connectivity index (χ3v) is 5.57. The van der Waals surface area contributed by atoms with Crippen molar-refractivity contribution in [3.8, 4) is 11.3 Å². The van der Waals surface area contributed by atoms with E-state index < -0.39 is 24.5 Å². The Balaban J connectivity index is 1.54. The van der Waals surface area contributed by atoms with Gasteiger partial charge in [0.15, 0.2) is 0 Å². The lowest BCUT2D eigenvalue weighted by molar-refractivity contribution is -0.205. The van der Waals surface area contributed by atoms with Crippen LogP contribution in [0, 0.1) is 6.92 Å².